The summed E-state index contributed by atoms with van der Waals surface area (Å²) in [5, 5.41) is 0. The van der Waals surface area contributed by atoms with Crippen LogP contribution < -0.4 is 14.5 Å². The molecule has 14 rings (SSSR count). The molecule has 0 amide bonds. The van der Waals surface area contributed by atoms with Gasteiger partial charge < -0.3 is 14.5 Å². The van der Waals surface area contributed by atoms with Gasteiger partial charge in [0, 0.05) is 62.0 Å². The molecule has 3 nitrogen and oxygen atoms in total. The van der Waals surface area contributed by atoms with Gasteiger partial charge in [0.15, 0.2) is 0 Å². The summed E-state index contributed by atoms with van der Waals surface area (Å²) < 4.78 is 7.24. The molecule has 0 saturated carbocycles. The summed E-state index contributed by atoms with van der Waals surface area (Å²) in [4.78, 5) is 4.89. The molecular weight excluding hydrogens is 849 g/mol. The lowest BCUT2D eigenvalue weighted by atomic mass is 9.65. The van der Waals surface area contributed by atoms with E-state index in [0.717, 1.165) is 56.8 Å². The van der Waals surface area contributed by atoms with Gasteiger partial charge in [0.1, 0.15) is 11.5 Å². The summed E-state index contributed by atoms with van der Waals surface area (Å²) in [5.41, 5.74) is 23.4. The normalized spacial score (nSPS) is 16.4. The van der Waals surface area contributed by atoms with Crippen molar-refractivity contribution in [2.75, 3.05) is 9.80 Å². The van der Waals surface area contributed by atoms with Crippen LogP contribution >= 0.6 is 0 Å². The van der Waals surface area contributed by atoms with Crippen molar-refractivity contribution in [3.05, 3.63) is 275 Å². The fraction of sp³-hybridized carbons (Fsp3) is 0.104. The Balaban J connectivity index is 1.00. The summed E-state index contributed by atoms with van der Waals surface area (Å²) in [6.07, 6.45) is 0. The highest BCUT2D eigenvalue weighted by Crippen LogP contribution is 2.65. The topological polar surface area (TPSA) is 15.7 Å². The van der Waals surface area contributed by atoms with Gasteiger partial charge in [0.25, 0.3) is 0 Å². The average molecular weight is 899 g/mol. The molecule has 0 N–H and O–H groups in total. The molecule has 4 aliphatic rings. The summed E-state index contributed by atoms with van der Waals surface area (Å²) >= 11 is 0. The minimum atomic E-state index is -0.731. The molecule has 10 aromatic carbocycles. The number of nitrogens with zero attached hydrogens (tertiary/aromatic N) is 2. The van der Waals surface area contributed by atoms with Crippen LogP contribution in [0.15, 0.2) is 231 Å². The number of ether oxygens (including phenoxy) is 1. The zero-order chi connectivity index (χ0) is 46.9. The Morgan fingerprint density at radius 3 is 1.33 bits per heavy atom. The van der Waals surface area contributed by atoms with Crippen LogP contribution in [0.5, 0.6) is 11.5 Å². The van der Waals surface area contributed by atoms with E-state index in [2.05, 4.69) is 268 Å². The van der Waals surface area contributed by atoms with Gasteiger partial charge in [-0.25, -0.2) is 0 Å². The van der Waals surface area contributed by atoms with Gasteiger partial charge in [0.05, 0.1) is 11.1 Å². The number of rotatable bonds is 6. The van der Waals surface area contributed by atoms with Crippen molar-refractivity contribution in [3.63, 3.8) is 0 Å². The van der Waals surface area contributed by atoms with Crippen LogP contribution in [-0.2, 0) is 16.2 Å². The van der Waals surface area contributed by atoms with Crippen molar-refractivity contribution < 1.29 is 4.74 Å². The minimum Gasteiger partial charge on any atom is -0.457 e. The first-order chi connectivity index (χ1) is 34.2. The maximum Gasteiger partial charge on any atom is 0.134 e. The number of anilines is 6. The second-order valence-corrected chi connectivity index (χ2v) is 20.4. The van der Waals surface area contributed by atoms with Crippen LogP contribution in [0.4, 0.5) is 34.1 Å². The fourth-order valence-electron chi connectivity index (χ4n) is 12.9. The van der Waals surface area contributed by atoms with E-state index >= 15 is 0 Å². The Labute approximate surface area is 410 Å². The monoisotopic (exact) mass is 898 g/mol. The fourth-order valence-corrected chi connectivity index (χ4v) is 12.9. The van der Waals surface area contributed by atoms with E-state index < -0.39 is 5.41 Å². The van der Waals surface area contributed by atoms with Crippen molar-refractivity contribution >= 4 is 34.1 Å². The maximum absolute atomic E-state index is 7.24. The number of benzene rings is 10. The third-order valence-corrected chi connectivity index (χ3v) is 16.1. The van der Waals surface area contributed by atoms with Crippen LogP contribution in [0, 0.1) is 0 Å². The third-order valence-electron chi connectivity index (χ3n) is 16.1. The zero-order valence-corrected chi connectivity index (χ0v) is 39.7. The minimum absolute atomic E-state index is 0.144. The molecule has 1 atom stereocenters. The van der Waals surface area contributed by atoms with Gasteiger partial charge in [0.2, 0.25) is 0 Å². The van der Waals surface area contributed by atoms with E-state index in [-0.39, 0.29) is 10.8 Å². The largest absolute Gasteiger partial charge is 0.457 e. The van der Waals surface area contributed by atoms with Crippen molar-refractivity contribution in [2.45, 2.75) is 43.9 Å². The number of hydrogen-bond donors (Lipinski definition) is 0. The summed E-state index contributed by atoms with van der Waals surface area (Å²) in [6.45, 7) is 9.44. The maximum atomic E-state index is 7.24. The number of para-hydroxylation sites is 3. The van der Waals surface area contributed by atoms with E-state index in [1.54, 1.807) is 0 Å². The highest BCUT2D eigenvalue weighted by Gasteiger charge is 2.53. The predicted octanol–water partition coefficient (Wildman–Crippen LogP) is 17.7. The van der Waals surface area contributed by atoms with E-state index in [9.17, 15) is 0 Å². The molecule has 70 heavy (non-hydrogen) atoms. The molecule has 3 heteroatoms. The molecule has 1 heterocycles. The summed E-state index contributed by atoms with van der Waals surface area (Å²) in [5.74, 6) is 1.70. The molecule has 0 bridgehead atoms. The van der Waals surface area contributed by atoms with Crippen LogP contribution in [-0.4, -0.2) is 0 Å². The number of hydrogen-bond acceptors (Lipinski definition) is 3. The highest BCUT2D eigenvalue weighted by atomic mass is 16.5. The zero-order valence-electron chi connectivity index (χ0n) is 39.7. The molecule has 10 aromatic rings. The first-order valence-corrected chi connectivity index (χ1v) is 24.6. The van der Waals surface area contributed by atoms with Gasteiger partial charge in [-0.05, 0) is 128 Å². The lowest BCUT2D eigenvalue weighted by Crippen LogP contribution is -2.33. The Morgan fingerprint density at radius 1 is 0.286 bits per heavy atom. The van der Waals surface area contributed by atoms with E-state index in [1.165, 1.54) is 66.8 Å². The highest BCUT2D eigenvalue weighted by molar-refractivity contribution is 5.97. The SMILES string of the molecule is CC1(C)c2ccccc2-c2ccc(N(c3ccccc3)c3ccc4c(c3)Oc3ccccc3C43c4ccccc4-c4cccc(N(c5ccccc5)c5ccc6c(c5)C(C)(C)c5ccccc5-6)c43)cc21. The Morgan fingerprint density at radius 2 is 0.714 bits per heavy atom. The molecule has 1 unspecified atom stereocenters. The summed E-state index contributed by atoms with van der Waals surface area (Å²) in [6, 6.07) is 85.2. The molecule has 0 saturated heterocycles. The average Bonchev–Trinajstić information content (AvgIpc) is 3.92. The first kappa shape index (κ1) is 40.6. The molecule has 0 radical (unpaired) electrons. The lowest BCUT2D eigenvalue weighted by Gasteiger charge is -2.42. The van der Waals surface area contributed by atoms with Crippen molar-refractivity contribution in [1.82, 2.24) is 0 Å². The molecule has 3 aliphatic carbocycles. The lowest BCUT2D eigenvalue weighted by molar-refractivity contribution is 0.436. The molecular formula is C67H50N2O. The first-order valence-electron chi connectivity index (χ1n) is 24.6. The molecule has 0 aromatic heterocycles. The van der Waals surface area contributed by atoms with Crippen LogP contribution in [0.25, 0.3) is 33.4 Å². The molecule has 1 spiro atoms. The Kier molecular flexibility index (Phi) is 8.59. The van der Waals surface area contributed by atoms with Gasteiger partial charge in [-0.3, -0.25) is 0 Å². The van der Waals surface area contributed by atoms with Gasteiger partial charge in [-0.15, -0.1) is 0 Å². The second kappa shape index (κ2) is 14.8. The van der Waals surface area contributed by atoms with E-state index in [0.29, 0.717) is 0 Å². The van der Waals surface area contributed by atoms with Crippen LogP contribution in [0.1, 0.15) is 72.2 Å². The standard InChI is InChI=1S/C67H50N2O/c1-65(2)54-28-14-11-24-48(54)51-37-34-45(40-59(51)65)68(43-20-7-5-8-21-43)47-36-39-58-63(42-47)70-62-33-18-17-31-57(62)67(58)56-30-16-13-26-50(56)53-27-19-32-61(64(53)67)69(44-22-9-6-10-23-44)46-35-38-52-49-25-12-15-29-55(49)66(3,4)60(52)41-46/h5-42H,1-4H3. The van der Waals surface area contributed by atoms with Gasteiger partial charge >= 0.3 is 0 Å². The Hall–Kier alpha value is -8.40. The summed E-state index contributed by atoms with van der Waals surface area (Å²) in [7, 11) is 0. The molecule has 0 fully saturated rings. The molecule has 334 valence electrons. The van der Waals surface area contributed by atoms with Gasteiger partial charge in [-0.2, -0.15) is 0 Å². The van der Waals surface area contributed by atoms with E-state index in [4.69, 9.17) is 4.74 Å². The smallest absolute Gasteiger partial charge is 0.134 e. The van der Waals surface area contributed by atoms with Crippen molar-refractivity contribution in [1.29, 1.82) is 0 Å². The number of fused-ring (bicyclic) bond motifs is 15. The van der Waals surface area contributed by atoms with Crippen molar-refractivity contribution in [2.24, 2.45) is 0 Å². The van der Waals surface area contributed by atoms with Gasteiger partial charge in [-0.1, -0.05) is 185 Å². The molecule has 1 aliphatic heterocycles. The predicted molar refractivity (Wildman–Crippen MR) is 288 cm³/mol. The third kappa shape index (κ3) is 5.52. The van der Waals surface area contributed by atoms with Crippen LogP contribution in [0.2, 0.25) is 0 Å². The van der Waals surface area contributed by atoms with Crippen molar-refractivity contribution in [3.8, 4) is 44.9 Å². The quantitative estimate of drug-likeness (QED) is 0.165. The Bertz CT molecular complexity index is 3770. The van der Waals surface area contributed by atoms with E-state index in [1.807, 2.05) is 0 Å². The van der Waals surface area contributed by atoms with Crippen LogP contribution in [0.3, 0.4) is 0 Å². The second-order valence-electron chi connectivity index (χ2n) is 20.4.